The first-order chi connectivity index (χ1) is 6.88. The van der Waals surface area contributed by atoms with Gasteiger partial charge in [-0.25, -0.2) is 0 Å². The molecule has 0 heterocycles. The number of nitrogens with two attached hydrogens (primary N) is 1. The monoisotopic (exact) mass is 193 g/mol. The number of hydrogen-bond donors (Lipinski definition) is 1. The number of rotatable bonds is 1. The molecule has 0 bridgehead atoms. The molecule has 2 rings (SSSR count). The Morgan fingerprint density at radius 1 is 0.857 bits per heavy atom. The Hall–Kier alpha value is -0.460. The lowest BCUT2D eigenvalue weighted by Crippen LogP contribution is -2.18. The molecule has 0 unspecified atom stereocenters. The van der Waals surface area contributed by atoms with E-state index in [0.717, 1.165) is 5.92 Å². The van der Waals surface area contributed by atoms with Gasteiger partial charge in [-0.15, -0.1) is 0 Å². The fraction of sp³-hybridized carbons (Fsp3) is 0.846. The van der Waals surface area contributed by atoms with Crippen molar-refractivity contribution in [2.24, 2.45) is 11.7 Å². The van der Waals surface area contributed by atoms with Crippen LogP contribution in [-0.4, -0.2) is 0 Å². The minimum Gasteiger partial charge on any atom is -0.402 e. The van der Waals surface area contributed by atoms with E-state index in [2.05, 4.69) is 0 Å². The summed E-state index contributed by atoms with van der Waals surface area (Å²) in [5.74, 6) is 0.747. The first-order valence-corrected chi connectivity index (χ1v) is 6.35. The van der Waals surface area contributed by atoms with Crippen LogP contribution in [0.15, 0.2) is 11.3 Å². The lowest BCUT2D eigenvalue weighted by molar-refractivity contribution is 0.393. The van der Waals surface area contributed by atoms with E-state index in [4.69, 9.17) is 5.73 Å². The molecule has 1 heteroatoms. The Morgan fingerprint density at radius 3 is 2.07 bits per heavy atom. The van der Waals surface area contributed by atoms with E-state index in [1.807, 2.05) is 0 Å². The summed E-state index contributed by atoms with van der Waals surface area (Å²) in [6.45, 7) is 0. The number of hydrogen-bond acceptors (Lipinski definition) is 1. The largest absolute Gasteiger partial charge is 0.402 e. The standard InChI is InChI=1S/C13H23N/c14-13(11-7-3-1-4-8-11)12-9-5-2-6-10-12/h11H,1-10,14H2. The van der Waals surface area contributed by atoms with Crippen molar-refractivity contribution in [3.63, 3.8) is 0 Å². The predicted octanol–water partition coefficient (Wildman–Crippen LogP) is 3.74. The van der Waals surface area contributed by atoms with E-state index in [0.29, 0.717) is 0 Å². The van der Waals surface area contributed by atoms with Crippen molar-refractivity contribution in [3.05, 3.63) is 11.3 Å². The summed E-state index contributed by atoms with van der Waals surface area (Å²) in [4.78, 5) is 0. The van der Waals surface area contributed by atoms with Gasteiger partial charge in [-0.2, -0.15) is 0 Å². The highest BCUT2D eigenvalue weighted by Gasteiger charge is 2.19. The van der Waals surface area contributed by atoms with Crippen LogP contribution in [0.5, 0.6) is 0 Å². The van der Waals surface area contributed by atoms with Gasteiger partial charge in [-0.05, 0) is 44.4 Å². The summed E-state index contributed by atoms with van der Waals surface area (Å²) in [6.07, 6.45) is 13.7. The van der Waals surface area contributed by atoms with Crippen molar-refractivity contribution in [2.45, 2.75) is 64.2 Å². The second-order valence-electron chi connectivity index (χ2n) is 4.95. The SMILES string of the molecule is NC(=C1CCCCC1)C1CCCCC1. The van der Waals surface area contributed by atoms with Gasteiger partial charge >= 0.3 is 0 Å². The molecule has 14 heavy (non-hydrogen) atoms. The van der Waals surface area contributed by atoms with Crippen LogP contribution in [0.25, 0.3) is 0 Å². The average molecular weight is 193 g/mol. The first kappa shape index (κ1) is 10.1. The van der Waals surface area contributed by atoms with Crippen LogP contribution >= 0.6 is 0 Å². The Morgan fingerprint density at radius 2 is 1.43 bits per heavy atom. The molecule has 0 aromatic carbocycles. The highest BCUT2D eigenvalue weighted by molar-refractivity contribution is 5.15. The van der Waals surface area contributed by atoms with Crippen LogP contribution in [0.1, 0.15) is 64.2 Å². The van der Waals surface area contributed by atoms with Gasteiger partial charge in [-0.3, -0.25) is 0 Å². The van der Waals surface area contributed by atoms with Gasteiger partial charge in [0.05, 0.1) is 0 Å². The van der Waals surface area contributed by atoms with Crippen LogP contribution in [0.3, 0.4) is 0 Å². The van der Waals surface area contributed by atoms with Crippen molar-refractivity contribution >= 4 is 0 Å². The topological polar surface area (TPSA) is 26.0 Å². The molecule has 2 aliphatic carbocycles. The fourth-order valence-corrected chi connectivity index (χ4v) is 2.97. The summed E-state index contributed by atoms with van der Waals surface area (Å²) in [7, 11) is 0. The lowest BCUT2D eigenvalue weighted by atomic mass is 9.82. The molecule has 2 saturated carbocycles. The summed E-state index contributed by atoms with van der Waals surface area (Å²) in [5.41, 5.74) is 9.21. The van der Waals surface area contributed by atoms with Crippen LogP contribution in [0.4, 0.5) is 0 Å². The van der Waals surface area contributed by atoms with E-state index in [1.54, 1.807) is 5.57 Å². The van der Waals surface area contributed by atoms with Gasteiger partial charge in [0, 0.05) is 5.70 Å². The summed E-state index contributed by atoms with van der Waals surface area (Å²) < 4.78 is 0. The minimum absolute atomic E-state index is 0.747. The second kappa shape index (κ2) is 4.86. The van der Waals surface area contributed by atoms with Gasteiger partial charge in [0.15, 0.2) is 0 Å². The van der Waals surface area contributed by atoms with Crippen molar-refractivity contribution in [2.75, 3.05) is 0 Å². The zero-order chi connectivity index (χ0) is 9.80. The maximum Gasteiger partial charge on any atom is 0.0104 e. The molecule has 0 aromatic heterocycles. The zero-order valence-corrected chi connectivity index (χ0v) is 9.23. The fourth-order valence-electron chi connectivity index (χ4n) is 2.97. The molecule has 1 nitrogen and oxygen atoms in total. The maximum absolute atomic E-state index is 6.30. The third kappa shape index (κ3) is 2.31. The van der Waals surface area contributed by atoms with Gasteiger partial charge in [-0.1, -0.05) is 31.3 Å². The van der Waals surface area contributed by atoms with Gasteiger partial charge < -0.3 is 5.73 Å². The molecular weight excluding hydrogens is 170 g/mol. The van der Waals surface area contributed by atoms with Crippen LogP contribution in [-0.2, 0) is 0 Å². The Kier molecular flexibility index (Phi) is 3.49. The first-order valence-electron chi connectivity index (χ1n) is 6.35. The molecule has 0 amide bonds. The van der Waals surface area contributed by atoms with Crippen molar-refractivity contribution in [1.29, 1.82) is 0 Å². The molecule has 2 N–H and O–H groups in total. The lowest BCUT2D eigenvalue weighted by Gasteiger charge is -2.26. The zero-order valence-electron chi connectivity index (χ0n) is 9.23. The Labute approximate surface area is 87.8 Å². The minimum atomic E-state index is 0.747. The molecular formula is C13H23N. The van der Waals surface area contributed by atoms with Gasteiger partial charge in [0.25, 0.3) is 0 Å². The van der Waals surface area contributed by atoms with Crippen molar-refractivity contribution in [1.82, 2.24) is 0 Å². The van der Waals surface area contributed by atoms with Crippen molar-refractivity contribution < 1.29 is 0 Å². The highest BCUT2D eigenvalue weighted by atomic mass is 14.6. The van der Waals surface area contributed by atoms with E-state index in [-0.39, 0.29) is 0 Å². The summed E-state index contributed by atoms with van der Waals surface area (Å²) in [5, 5.41) is 0. The molecule has 0 aromatic rings. The van der Waals surface area contributed by atoms with E-state index in [9.17, 15) is 0 Å². The van der Waals surface area contributed by atoms with Crippen LogP contribution in [0.2, 0.25) is 0 Å². The molecule has 2 aliphatic rings. The molecule has 2 fully saturated rings. The van der Waals surface area contributed by atoms with E-state index >= 15 is 0 Å². The third-order valence-electron chi connectivity index (χ3n) is 3.91. The Bertz CT molecular complexity index is 203. The molecule has 0 atom stereocenters. The second-order valence-corrected chi connectivity index (χ2v) is 4.95. The highest BCUT2D eigenvalue weighted by Crippen LogP contribution is 2.33. The van der Waals surface area contributed by atoms with Crippen molar-refractivity contribution in [3.8, 4) is 0 Å². The van der Waals surface area contributed by atoms with Gasteiger partial charge in [0.1, 0.15) is 0 Å². The number of allylic oxidation sites excluding steroid dienone is 2. The summed E-state index contributed by atoms with van der Waals surface area (Å²) >= 11 is 0. The van der Waals surface area contributed by atoms with E-state index in [1.165, 1.54) is 69.9 Å². The molecule has 0 spiro atoms. The average Bonchev–Trinajstić information content (AvgIpc) is 2.30. The molecule has 0 radical (unpaired) electrons. The summed E-state index contributed by atoms with van der Waals surface area (Å²) in [6, 6.07) is 0. The van der Waals surface area contributed by atoms with Crippen LogP contribution in [0, 0.1) is 5.92 Å². The molecule has 0 aliphatic heterocycles. The Balaban J connectivity index is 1.99. The molecule has 80 valence electrons. The maximum atomic E-state index is 6.30. The van der Waals surface area contributed by atoms with Gasteiger partial charge in [0.2, 0.25) is 0 Å². The molecule has 0 saturated heterocycles. The predicted molar refractivity (Wildman–Crippen MR) is 60.9 cm³/mol. The normalized spacial score (nSPS) is 25.0. The quantitative estimate of drug-likeness (QED) is 0.674. The smallest absolute Gasteiger partial charge is 0.0104 e. The van der Waals surface area contributed by atoms with E-state index < -0.39 is 0 Å². The third-order valence-corrected chi connectivity index (χ3v) is 3.91. The van der Waals surface area contributed by atoms with Crippen LogP contribution < -0.4 is 5.73 Å².